The number of hydrogen-bond donors (Lipinski definition) is 1. The molecule has 1 aromatic heterocycles. The Bertz CT molecular complexity index is 1180. The van der Waals surface area contributed by atoms with E-state index in [-0.39, 0.29) is 11.3 Å². The van der Waals surface area contributed by atoms with Gasteiger partial charge in [0, 0.05) is 5.69 Å². The van der Waals surface area contributed by atoms with Crippen LogP contribution in [-0.2, 0) is 4.79 Å². The smallest absolute Gasteiger partial charge is 0.265 e. The third-order valence-electron chi connectivity index (χ3n) is 4.27. The number of carbonyl (C=O) groups is 1. The topological polar surface area (TPSA) is 68.5 Å². The van der Waals surface area contributed by atoms with Crippen molar-refractivity contribution in [2.75, 3.05) is 5.32 Å². The fraction of sp³-hybridized carbons (Fsp3) is 0.0909. The van der Waals surface area contributed by atoms with Gasteiger partial charge in [-0.25, -0.2) is 0 Å². The number of fused-ring (bicyclic) bond motifs is 2. The first-order valence-corrected chi connectivity index (χ1v) is 8.60. The van der Waals surface area contributed by atoms with Crippen molar-refractivity contribution in [1.29, 1.82) is 0 Å². The normalized spacial score (nSPS) is 12.0. The van der Waals surface area contributed by atoms with Gasteiger partial charge >= 0.3 is 0 Å². The number of nitrogens with one attached hydrogen (secondary N) is 1. The van der Waals surface area contributed by atoms with Gasteiger partial charge in [0.2, 0.25) is 5.43 Å². The van der Waals surface area contributed by atoms with Crippen LogP contribution in [0.25, 0.3) is 21.9 Å². The van der Waals surface area contributed by atoms with Crippen molar-refractivity contribution in [3.8, 4) is 5.75 Å². The lowest BCUT2D eigenvalue weighted by Gasteiger charge is -2.15. The highest BCUT2D eigenvalue weighted by Gasteiger charge is 2.16. The summed E-state index contributed by atoms with van der Waals surface area (Å²) < 4.78 is 11.4. The van der Waals surface area contributed by atoms with Gasteiger partial charge < -0.3 is 14.5 Å². The molecule has 27 heavy (non-hydrogen) atoms. The number of ether oxygens (including phenoxy) is 1. The standard InChI is InChI=1S/C22H17NO4/c1-14(26-16-7-3-2-4-8-16)22(25)23-15-11-12-20-18(13-15)21(24)17-9-5-6-10-19(17)27-20/h2-14H,1H3,(H,23,25). The molecular formula is C22H17NO4. The van der Waals surface area contributed by atoms with E-state index in [9.17, 15) is 9.59 Å². The molecule has 0 aliphatic rings. The monoisotopic (exact) mass is 359 g/mol. The summed E-state index contributed by atoms with van der Waals surface area (Å²) in [5.74, 6) is 0.314. The van der Waals surface area contributed by atoms with Crippen molar-refractivity contribution in [2.24, 2.45) is 0 Å². The van der Waals surface area contributed by atoms with E-state index < -0.39 is 6.10 Å². The van der Waals surface area contributed by atoms with Crippen LogP contribution in [0, 0.1) is 0 Å². The lowest BCUT2D eigenvalue weighted by Crippen LogP contribution is -2.30. The third-order valence-corrected chi connectivity index (χ3v) is 4.27. The van der Waals surface area contributed by atoms with Crippen LogP contribution in [-0.4, -0.2) is 12.0 Å². The highest BCUT2D eigenvalue weighted by atomic mass is 16.5. The van der Waals surface area contributed by atoms with Gasteiger partial charge in [0.25, 0.3) is 5.91 Å². The maximum Gasteiger partial charge on any atom is 0.265 e. The Hall–Kier alpha value is -3.60. The van der Waals surface area contributed by atoms with E-state index in [1.165, 1.54) is 0 Å². The molecule has 0 bridgehead atoms. The largest absolute Gasteiger partial charge is 0.481 e. The molecule has 1 unspecified atom stereocenters. The molecule has 1 atom stereocenters. The Morgan fingerprint density at radius 3 is 2.44 bits per heavy atom. The van der Waals surface area contributed by atoms with Crippen molar-refractivity contribution >= 4 is 33.5 Å². The molecule has 0 radical (unpaired) electrons. The van der Waals surface area contributed by atoms with Gasteiger partial charge in [0.15, 0.2) is 6.10 Å². The zero-order chi connectivity index (χ0) is 18.8. The molecule has 1 amide bonds. The summed E-state index contributed by atoms with van der Waals surface area (Å²) in [6.45, 7) is 1.67. The van der Waals surface area contributed by atoms with Gasteiger partial charge in [-0.3, -0.25) is 9.59 Å². The molecule has 1 N–H and O–H groups in total. The molecule has 134 valence electrons. The minimum atomic E-state index is -0.684. The Morgan fingerprint density at radius 1 is 0.926 bits per heavy atom. The second-order valence-electron chi connectivity index (χ2n) is 6.20. The van der Waals surface area contributed by atoms with Crippen molar-refractivity contribution in [3.05, 3.63) is 83.0 Å². The zero-order valence-electron chi connectivity index (χ0n) is 14.6. The number of para-hydroxylation sites is 2. The van der Waals surface area contributed by atoms with Crippen LogP contribution in [0.5, 0.6) is 5.75 Å². The first-order chi connectivity index (χ1) is 13.1. The summed E-state index contributed by atoms with van der Waals surface area (Å²) in [6.07, 6.45) is -0.684. The molecule has 0 aliphatic carbocycles. The van der Waals surface area contributed by atoms with E-state index in [0.29, 0.717) is 33.4 Å². The van der Waals surface area contributed by atoms with Crippen molar-refractivity contribution in [2.45, 2.75) is 13.0 Å². The fourth-order valence-corrected chi connectivity index (χ4v) is 2.88. The van der Waals surface area contributed by atoms with Crippen LogP contribution in [0.15, 0.2) is 82.0 Å². The summed E-state index contributed by atoms with van der Waals surface area (Å²) in [7, 11) is 0. The molecule has 0 aliphatic heterocycles. The lowest BCUT2D eigenvalue weighted by atomic mass is 10.1. The lowest BCUT2D eigenvalue weighted by molar-refractivity contribution is -0.122. The zero-order valence-corrected chi connectivity index (χ0v) is 14.6. The number of carbonyl (C=O) groups excluding carboxylic acids is 1. The van der Waals surface area contributed by atoms with Gasteiger partial charge in [0.05, 0.1) is 10.8 Å². The average molecular weight is 359 g/mol. The predicted octanol–water partition coefficient (Wildman–Crippen LogP) is 4.35. The summed E-state index contributed by atoms with van der Waals surface area (Å²) >= 11 is 0. The molecule has 4 aromatic rings. The Kier molecular flexibility index (Phi) is 4.34. The molecule has 5 heteroatoms. The van der Waals surface area contributed by atoms with Crippen LogP contribution in [0.1, 0.15) is 6.92 Å². The maximum absolute atomic E-state index is 12.7. The first-order valence-electron chi connectivity index (χ1n) is 8.60. The van der Waals surface area contributed by atoms with E-state index in [4.69, 9.17) is 9.15 Å². The van der Waals surface area contributed by atoms with Crippen LogP contribution in [0.3, 0.4) is 0 Å². The molecule has 1 heterocycles. The number of benzene rings is 3. The molecule has 0 saturated heterocycles. The Balaban J connectivity index is 1.60. The number of amides is 1. The molecular weight excluding hydrogens is 342 g/mol. The van der Waals surface area contributed by atoms with Gasteiger partial charge in [-0.05, 0) is 49.4 Å². The minimum absolute atomic E-state index is 0.128. The van der Waals surface area contributed by atoms with Crippen molar-refractivity contribution in [3.63, 3.8) is 0 Å². The van der Waals surface area contributed by atoms with E-state index in [2.05, 4.69) is 5.32 Å². The summed E-state index contributed by atoms with van der Waals surface area (Å²) in [6, 6.07) is 21.2. The van der Waals surface area contributed by atoms with Crippen LogP contribution >= 0.6 is 0 Å². The highest BCUT2D eigenvalue weighted by Crippen LogP contribution is 2.22. The Labute approximate surface area is 155 Å². The van der Waals surface area contributed by atoms with E-state index in [1.807, 2.05) is 24.3 Å². The summed E-state index contributed by atoms with van der Waals surface area (Å²) in [5, 5.41) is 3.71. The molecule has 4 rings (SSSR count). The van der Waals surface area contributed by atoms with Crippen LogP contribution in [0.4, 0.5) is 5.69 Å². The Morgan fingerprint density at radius 2 is 1.63 bits per heavy atom. The van der Waals surface area contributed by atoms with Crippen molar-refractivity contribution < 1.29 is 13.9 Å². The highest BCUT2D eigenvalue weighted by molar-refractivity contribution is 5.97. The third kappa shape index (κ3) is 3.40. The van der Waals surface area contributed by atoms with E-state index in [0.717, 1.165) is 0 Å². The fourth-order valence-electron chi connectivity index (χ4n) is 2.88. The first kappa shape index (κ1) is 16.8. The molecule has 5 nitrogen and oxygen atoms in total. The van der Waals surface area contributed by atoms with Gasteiger partial charge in [0.1, 0.15) is 16.9 Å². The summed E-state index contributed by atoms with van der Waals surface area (Å²) in [4.78, 5) is 25.1. The minimum Gasteiger partial charge on any atom is -0.481 e. The number of anilines is 1. The maximum atomic E-state index is 12.7. The quantitative estimate of drug-likeness (QED) is 0.550. The van der Waals surface area contributed by atoms with E-state index >= 15 is 0 Å². The van der Waals surface area contributed by atoms with Crippen LogP contribution in [0.2, 0.25) is 0 Å². The van der Waals surface area contributed by atoms with E-state index in [1.54, 1.807) is 55.5 Å². The second-order valence-corrected chi connectivity index (χ2v) is 6.20. The van der Waals surface area contributed by atoms with Crippen molar-refractivity contribution in [1.82, 2.24) is 0 Å². The van der Waals surface area contributed by atoms with Gasteiger partial charge in [-0.1, -0.05) is 30.3 Å². The molecule has 0 fully saturated rings. The number of hydrogen-bond acceptors (Lipinski definition) is 4. The number of rotatable bonds is 4. The average Bonchev–Trinajstić information content (AvgIpc) is 2.69. The van der Waals surface area contributed by atoms with Gasteiger partial charge in [-0.2, -0.15) is 0 Å². The van der Waals surface area contributed by atoms with Crippen LogP contribution < -0.4 is 15.5 Å². The molecule has 3 aromatic carbocycles. The second kappa shape index (κ2) is 6.96. The predicted molar refractivity (Wildman–Crippen MR) is 105 cm³/mol. The SMILES string of the molecule is CC(Oc1ccccc1)C(=O)Nc1ccc2oc3ccccc3c(=O)c2c1. The summed E-state index contributed by atoms with van der Waals surface area (Å²) in [5.41, 5.74) is 1.40. The molecule has 0 spiro atoms. The molecule has 0 saturated carbocycles. The van der Waals surface area contributed by atoms with Gasteiger partial charge in [-0.15, -0.1) is 0 Å².